The number of carbonyl (C=O) groups excluding carboxylic acids is 1. The van der Waals surface area contributed by atoms with Crippen LogP contribution in [0.15, 0.2) is 25.3 Å². The van der Waals surface area contributed by atoms with Crippen molar-refractivity contribution in [3.05, 3.63) is 25.3 Å². The van der Waals surface area contributed by atoms with Crippen molar-refractivity contribution in [3.8, 4) is 0 Å². The van der Waals surface area contributed by atoms with E-state index in [1.807, 2.05) is 12.2 Å². The molecule has 0 radical (unpaired) electrons. The Morgan fingerprint density at radius 1 is 1.21 bits per heavy atom. The highest BCUT2D eigenvalue weighted by molar-refractivity contribution is 5.86. The zero-order chi connectivity index (χ0) is 18.2. The van der Waals surface area contributed by atoms with Crippen LogP contribution in [0.4, 0.5) is 0 Å². The van der Waals surface area contributed by atoms with Gasteiger partial charge in [0.25, 0.3) is 0 Å². The van der Waals surface area contributed by atoms with Crippen LogP contribution in [0.3, 0.4) is 0 Å². The van der Waals surface area contributed by atoms with E-state index < -0.39 is 0 Å². The van der Waals surface area contributed by atoms with Crippen molar-refractivity contribution in [3.63, 3.8) is 0 Å². The second-order valence-corrected chi connectivity index (χ2v) is 8.76. The maximum atomic E-state index is 13.1. The first kappa shape index (κ1) is 19.4. The smallest absolute Gasteiger partial charge is 0.146 e. The maximum absolute atomic E-state index is 13.1. The molecule has 3 heteroatoms. The molecule has 0 bridgehead atoms. The molecule has 136 valence electrons. The predicted molar refractivity (Wildman–Crippen MR) is 97.6 cm³/mol. The molecule has 2 fully saturated rings. The number of Topliss-reactive ketones (excluding diaryl/α,β-unsaturated/α-hetero) is 1. The van der Waals surface area contributed by atoms with Gasteiger partial charge in [-0.05, 0) is 41.9 Å². The summed E-state index contributed by atoms with van der Waals surface area (Å²) >= 11 is 0. The van der Waals surface area contributed by atoms with Crippen molar-refractivity contribution >= 4 is 5.78 Å². The molecule has 2 rings (SSSR count). The van der Waals surface area contributed by atoms with Crippen LogP contribution < -0.4 is 0 Å². The average Bonchev–Trinajstić information content (AvgIpc) is 2.70. The van der Waals surface area contributed by atoms with Gasteiger partial charge in [-0.3, -0.25) is 4.79 Å². The van der Waals surface area contributed by atoms with E-state index in [1.165, 1.54) is 0 Å². The number of ether oxygens (including phenoxy) is 2. The molecule has 5 atom stereocenters. The first-order valence-corrected chi connectivity index (χ1v) is 9.04. The molecule has 24 heavy (non-hydrogen) atoms. The van der Waals surface area contributed by atoms with Crippen LogP contribution in [0.1, 0.15) is 53.4 Å². The van der Waals surface area contributed by atoms with Gasteiger partial charge in [0.15, 0.2) is 0 Å². The fourth-order valence-corrected chi connectivity index (χ4v) is 5.78. The van der Waals surface area contributed by atoms with E-state index >= 15 is 0 Å². The third kappa shape index (κ3) is 2.80. The second kappa shape index (κ2) is 6.76. The van der Waals surface area contributed by atoms with E-state index in [4.69, 9.17) is 9.47 Å². The van der Waals surface area contributed by atoms with E-state index in [1.54, 1.807) is 7.11 Å². The van der Waals surface area contributed by atoms with Gasteiger partial charge in [-0.1, -0.05) is 39.8 Å². The number of rotatable bonds is 7. The maximum Gasteiger partial charge on any atom is 0.146 e. The van der Waals surface area contributed by atoms with Gasteiger partial charge in [0.1, 0.15) is 12.6 Å². The lowest BCUT2D eigenvalue weighted by atomic mass is 9.48. The van der Waals surface area contributed by atoms with Crippen LogP contribution in [-0.2, 0) is 14.3 Å². The molecule has 0 aromatic heterocycles. The Bertz CT molecular complexity index is 509. The highest BCUT2D eigenvalue weighted by Gasteiger charge is 2.65. The summed E-state index contributed by atoms with van der Waals surface area (Å²) in [5.74, 6) is 0.960. The normalized spacial score (nSPS) is 41.0. The summed E-state index contributed by atoms with van der Waals surface area (Å²) in [6.07, 6.45) is 7.17. The number of ketones is 1. The molecule has 0 saturated heterocycles. The zero-order valence-electron chi connectivity index (χ0n) is 16.1. The van der Waals surface area contributed by atoms with E-state index in [-0.39, 0.29) is 28.3 Å². The Hall–Kier alpha value is -0.930. The molecule has 0 N–H and O–H groups in total. The van der Waals surface area contributed by atoms with Gasteiger partial charge in [0, 0.05) is 18.9 Å². The molecule has 3 nitrogen and oxygen atoms in total. The molecule has 0 aromatic rings. The highest BCUT2D eigenvalue weighted by Crippen LogP contribution is 2.67. The van der Waals surface area contributed by atoms with Gasteiger partial charge in [0.05, 0.1) is 6.10 Å². The molecule has 2 aliphatic rings. The number of hydrogen-bond donors (Lipinski definition) is 0. The molecule has 2 aliphatic carbocycles. The first-order valence-electron chi connectivity index (χ1n) is 9.04. The number of methoxy groups -OCH3 is 1. The average molecular weight is 335 g/mol. The van der Waals surface area contributed by atoms with Crippen LogP contribution in [0.25, 0.3) is 0 Å². The van der Waals surface area contributed by atoms with Crippen LogP contribution in [-0.4, -0.2) is 25.8 Å². The molecular formula is C21H34O3. The largest absolute Gasteiger partial charge is 0.359 e. The zero-order valence-corrected chi connectivity index (χ0v) is 16.1. The quantitative estimate of drug-likeness (QED) is 0.497. The second-order valence-electron chi connectivity index (χ2n) is 8.76. The van der Waals surface area contributed by atoms with Crippen LogP contribution >= 0.6 is 0 Å². The molecule has 0 amide bonds. The van der Waals surface area contributed by atoms with E-state index in [0.29, 0.717) is 24.9 Å². The van der Waals surface area contributed by atoms with Gasteiger partial charge in [0.2, 0.25) is 0 Å². The molecule has 0 aromatic carbocycles. The number of carbonyl (C=O) groups is 1. The van der Waals surface area contributed by atoms with E-state index in [9.17, 15) is 4.79 Å². The third-order valence-corrected chi connectivity index (χ3v) is 7.10. The Morgan fingerprint density at radius 3 is 2.42 bits per heavy atom. The van der Waals surface area contributed by atoms with Crippen molar-refractivity contribution < 1.29 is 14.3 Å². The minimum Gasteiger partial charge on any atom is -0.359 e. The Morgan fingerprint density at radius 2 is 1.88 bits per heavy atom. The van der Waals surface area contributed by atoms with Gasteiger partial charge >= 0.3 is 0 Å². The van der Waals surface area contributed by atoms with Crippen LogP contribution in [0, 0.1) is 28.1 Å². The van der Waals surface area contributed by atoms with Crippen molar-refractivity contribution in [1.82, 2.24) is 0 Å². The molecule has 0 aliphatic heterocycles. The van der Waals surface area contributed by atoms with Crippen LogP contribution in [0.5, 0.6) is 0 Å². The summed E-state index contributed by atoms with van der Waals surface area (Å²) in [5.41, 5.74) is -0.340. The summed E-state index contributed by atoms with van der Waals surface area (Å²) < 4.78 is 11.2. The van der Waals surface area contributed by atoms with Crippen LogP contribution in [0.2, 0.25) is 0 Å². The Kier molecular flexibility index (Phi) is 5.46. The minimum atomic E-state index is -0.354. The summed E-state index contributed by atoms with van der Waals surface area (Å²) in [5, 5.41) is 0. The van der Waals surface area contributed by atoms with E-state index in [2.05, 4.69) is 40.9 Å². The highest BCUT2D eigenvalue weighted by atomic mass is 16.7. The van der Waals surface area contributed by atoms with Gasteiger partial charge in [-0.2, -0.15) is 0 Å². The van der Waals surface area contributed by atoms with Gasteiger partial charge in [-0.25, -0.2) is 0 Å². The third-order valence-electron chi connectivity index (χ3n) is 7.10. The monoisotopic (exact) mass is 334 g/mol. The molecule has 0 heterocycles. The fraction of sp³-hybridized carbons (Fsp3) is 0.762. The minimum absolute atomic E-state index is 0.0438. The summed E-state index contributed by atoms with van der Waals surface area (Å²) in [6.45, 7) is 17.2. The Labute approximate surface area is 147 Å². The summed E-state index contributed by atoms with van der Waals surface area (Å²) in [4.78, 5) is 13.1. The lowest BCUT2D eigenvalue weighted by molar-refractivity contribution is -0.149. The van der Waals surface area contributed by atoms with Crippen molar-refractivity contribution in [2.24, 2.45) is 28.1 Å². The van der Waals surface area contributed by atoms with Gasteiger partial charge < -0.3 is 9.47 Å². The lowest BCUT2D eigenvalue weighted by Gasteiger charge is -2.54. The predicted octanol–water partition coefficient (Wildman–Crippen LogP) is 4.78. The van der Waals surface area contributed by atoms with Crippen molar-refractivity contribution in [2.45, 2.75) is 59.5 Å². The summed E-state index contributed by atoms with van der Waals surface area (Å²) in [6, 6.07) is 0. The molecule has 0 unspecified atom stereocenters. The summed E-state index contributed by atoms with van der Waals surface area (Å²) in [7, 11) is 1.65. The van der Waals surface area contributed by atoms with Gasteiger partial charge in [-0.15, -0.1) is 13.2 Å². The SMILES string of the molecule is C=CC[C@@H]1[C@@]2(C)C[C@@H](OCOC)C(C)(C)[C@@H]2CC(=O)[C@@]1(C)CC=C. The standard InChI is InChI=1S/C21H34O3/c1-8-10-15-20(5,11-9-2)17(22)12-16-19(3,4)18(24-14-23-7)13-21(15,16)6/h8-9,15-16,18H,1-2,10-14H2,3-7H3/t15-,16-,18+,20-,21+/m0/s1. The number of hydrogen-bond acceptors (Lipinski definition) is 3. The van der Waals surface area contributed by atoms with Crippen molar-refractivity contribution in [1.29, 1.82) is 0 Å². The van der Waals surface area contributed by atoms with Crippen molar-refractivity contribution in [2.75, 3.05) is 13.9 Å². The fourth-order valence-electron chi connectivity index (χ4n) is 5.78. The molecule has 0 spiro atoms. The first-order chi connectivity index (χ1) is 11.2. The molecular weight excluding hydrogens is 300 g/mol. The number of allylic oxidation sites excluding steroid dienone is 2. The van der Waals surface area contributed by atoms with E-state index in [0.717, 1.165) is 19.3 Å². The lowest BCUT2D eigenvalue weighted by Crippen LogP contribution is -2.53. The molecule has 2 saturated carbocycles. The Balaban J connectivity index is 2.46. The number of fused-ring (bicyclic) bond motifs is 1. The topological polar surface area (TPSA) is 35.5 Å².